The average Bonchev–Trinajstić information content (AvgIpc) is 2.86. The number of hydrogen-bond acceptors (Lipinski definition) is 5. The van der Waals surface area contributed by atoms with E-state index in [0.717, 1.165) is 0 Å². The van der Waals surface area contributed by atoms with Crippen molar-refractivity contribution in [3.63, 3.8) is 0 Å². The number of amides is 3. The van der Waals surface area contributed by atoms with Crippen LogP contribution in [-0.4, -0.2) is 29.5 Å². The van der Waals surface area contributed by atoms with Crippen molar-refractivity contribution in [3.8, 4) is 0 Å². The Labute approximate surface area is 110 Å². The number of furan rings is 1. The molecule has 0 spiro atoms. The van der Waals surface area contributed by atoms with Crippen LogP contribution in [0.15, 0.2) is 22.8 Å². The monoisotopic (exact) mass is 271 g/mol. The highest BCUT2D eigenvalue weighted by atomic mass is 32.2. The third kappa shape index (κ3) is 5.74. The van der Waals surface area contributed by atoms with Gasteiger partial charge in [-0.1, -0.05) is 6.92 Å². The summed E-state index contributed by atoms with van der Waals surface area (Å²) in [5.41, 5.74) is 5.42. The lowest BCUT2D eigenvalue weighted by Crippen LogP contribution is -2.40. The first-order valence-corrected chi connectivity index (χ1v) is 6.58. The Bertz CT molecular complexity index is 381. The van der Waals surface area contributed by atoms with E-state index >= 15 is 0 Å². The van der Waals surface area contributed by atoms with Crippen molar-refractivity contribution in [2.24, 2.45) is 5.73 Å². The van der Waals surface area contributed by atoms with Gasteiger partial charge in [0.2, 0.25) is 5.91 Å². The Kier molecular flexibility index (Phi) is 6.31. The number of nitrogens with two attached hydrogens (primary N) is 1. The molecule has 7 heteroatoms. The van der Waals surface area contributed by atoms with Gasteiger partial charge in [0.25, 0.3) is 0 Å². The van der Waals surface area contributed by atoms with E-state index in [1.807, 2.05) is 6.92 Å². The predicted molar refractivity (Wildman–Crippen MR) is 70.1 cm³/mol. The molecule has 0 aliphatic rings. The van der Waals surface area contributed by atoms with Gasteiger partial charge >= 0.3 is 6.03 Å². The summed E-state index contributed by atoms with van der Waals surface area (Å²) < 4.78 is 5.04. The highest BCUT2D eigenvalue weighted by Crippen LogP contribution is 2.07. The maximum Gasteiger partial charge on any atom is 0.321 e. The second kappa shape index (κ2) is 7.78. The van der Waals surface area contributed by atoms with Crippen molar-refractivity contribution in [1.82, 2.24) is 10.6 Å². The van der Waals surface area contributed by atoms with Crippen molar-refractivity contribution >= 4 is 23.7 Å². The molecule has 1 aromatic heterocycles. The Hall–Kier alpha value is -1.47. The Morgan fingerprint density at radius 3 is 2.94 bits per heavy atom. The molecule has 0 aromatic carbocycles. The van der Waals surface area contributed by atoms with Gasteiger partial charge in [0.1, 0.15) is 5.76 Å². The van der Waals surface area contributed by atoms with Crippen molar-refractivity contribution in [1.29, 1.82) is 0 Å². The van der Waals surface area contributed by atoms with Gasteiger partial charge in [-0.15, -0.1) is 11.8 Å². The van der Waals surface area contributed by atoms with E-state index in [0.29, 0.717) is 12.3 Å². The van der Waals surface area contributed by atoms with Crippen LogP contribution in [0.25, 0.3) is 0 Å². The van der Waals surface area contributed by atoms with Crippen LogP contribution in [0.2, 0.25) is 0 Å². The molecule has 0 fully saturated rings. The number of rotatable bonds is 6. The molecule has 18 heavy (non-hydrogen) atoms. The SMILES string of the molecule is CC(CN)SCC(=O)NC(=O)NCc1ccco1. The lowest BCUT2D eigenvalue weighted by Gasteiger charge is -2.08. The third-order valence-corrected chi connectivity index (χ3v) is 3.28. The molecule has 0 radical (unpaired) electrons. The average molecular weight is 271 g/mol. The first-order valence-electron chi connectivity index (χ1n) is 5.53. The molecule has 6 nitrogen and oxygen atoms in total. The van der Waals surface area contributed by atoms with Crippen LogP contribution in [0.5, 0.6) is 0 Å². The molecule has 1 rings (SSSR count). The summed E-state index contributed by atoms with van der Waals surface area (Å²) in [6, 6.07) is 2.93. The number of carbonyl (C=O) groups excluding carboxylic acids is 2. The molecule has 100 valence electrons. The second-order valence-corrected chi connectivity index (χ2v) is 5.09. The quantitative estimate of drug-likeness (QED) is 0.707. The molecule has 0 saturated heterocycles. The summed E-state index contributed by atoms with van der Waals surface area (Å²) in [4.78, 5) is 22.7. The maximum atomic E-state index is 11.4. The van der Waals surface area contributed by atoms with Gasteiger partial charge in [0.15, 0.2) is 0 Å². The Morgan fingerprint density at radius 1 is 1.56 bits per heavy atom. The summed E-state index contributed by atoms with van der Waals surface area (Å²) in [7, 11) is 0. The van der Waals surface area contributed by atoms with Crippen LogP contribution in [0.1, 0.15) is 12.7 Å². The zero-order valence-electron chi connectivity index (χ0n) is 10.1. The molecule has 4 N–H and O–H groups in total. The fourth-order valence-electron chi connectivity index (χ4n) is 1.07. The zero-order chi connectivity index (χ0) is 13.4. The molecule has 3 amide bonds. The Balaban J connectivity index is 2.17. The van der Waals surface area contributed by atoms with E-state index in [-0.39, 0.29) is 23.5 Å². The fourth-order valence-corrected chi connectivity index (χ4v) is 1.72. The minimum absolute atomic E-state index is 0.196. The van der Waals surface area contributed by atoms with Gasteiger partial charge in [0.05, 0.1) is 18.6 Å². The van der Waals surface area contributed by atoms with Gasteiger partial charge in [-0.05, 0) is 12.1 Å². The number of thioether (sulfide) groups is 1. The highest BCUT2D eigenvalue weighted by molar-refractivity contribution is 8.00. The van der Waals surface area contributed by atoms with Gasteiger partial charge in [-0.2, -0.15) is 0 Å². The zero-order valence-corrected chi connectivity index (χ0v) is 11.0. The van der Waals surface area contributed by atoms with Crippen LogP contribution in [0.3, 0.4) is 0 Å². The maximum absolute atomic E-state index is 11.4. The molecule has 0 saturated carbocycles. The Morgan fingerprint density at radius 2 is 2.33 bits per heavy atom. The molecule has 1 heterocycles. The molecule has 0 aliphatic carbocycles. The van der Waals surface area contributed by atoms with Gasteiger partial charge < -0.3 is 15.5 Å². The summed E-state index contributed by atoms with van der Waals surface area (Å²) >= 11 is 1.41. The lowest BCUT2D eigenvalue weighted by molar-refractivity contribution is -0.117. The summed E-state index contributed by atoms with van der Waals surface area (Å²) in [5.74, 6) is 0.507. The van der Waals surface area contributed by atoms with Gasteiger partial charge in [-0.25, -0.2) is 4.79 Å². The normalized spacial score (nSPS) is 11.9. The van der Waals surface area contributed by atoms with Crippen LogP contribution in [0.4, 0.5) is 4.79 Å². The van der Waals surface area contributed by atoms with Gasteiger partial charge in [-0.3, -0.25) is 10.1 Å². The molecule has 1 atom stereocenters. The number of nitrogens with one attached hydrogen (secondary N) is 2. The standard InChI is InChI=1S/C11H17N3O3S/c1-8(5-12)18-7-10(15)14-11(16)13-6-9-3-2-4-17-9/h2-4,8H,5-7,12H2,1H3,(H2,13,14,15,16). The van der Waals surface area contributed by atoms with E-state index in [2.05, 4.69) is 10.6 Å². The lowest BCUT2D eigenvalue weighted by atomic mass is 10.4. The van der Waals surface area contributed by atoms with Crippen LogP contribution in [0, 0.1) is 0 Å². The van der Waals surface area contributed by atoms with Crippen molar-refractivity contribution in [2.75, 3.05) is 12.3 Å². The highest BCUT2D eigenvalue weighted by Gasteiger charge is 2.09. The molecular formula is C11H17N3O3S. The van der Waals surface area contributed by atoms with E-state index in [1.54, 1.807) is 12.1 Å². The van der Waals surface area contributed by atoms with E-state index in [1.165, 1.54) is 18.0 Å². The third-order valence-electron chi connectivity index (χ3n) is 2.09. The molecule has 1 unspecified atom stereocenters. The number of imide groups is 1. The van der Waals surface area contributed by atoms with E-state index < -0.39 is 6.03 Å². The van der Waals surface area contributed by atoms with Crippen LogP contribution in [-0.2, 0) is 11.3 Å². The van der Waals surface area contributed by atoms with Crippen LogP contribution >= 0.6 is 11.8 Å². The molecule has 0 aliphatic heterocycles. The molecule has 0 bridgehead atoms. The second-order valence-electron chi connectivity index (χ2n) is 3.67. The minimum Gasteiger partial charge on any atom is -0.467 e. The molecule has 1 aromatic rings. The number of urea groups is 1. The van der Waals surface area contributed by atoms with Crippen LogP contribution < -0.4 is 16.4 Å². The van der Waals surface area contributed by atoms with Crippen molar-refractivity contribution in [3.05, 3.63) is 24.2 Å². The first kappa shape index (κ1) is 14.6. The predicted octanol–water partition coefficient (Wildman–Crippen LogP) is 0.686. The minimum atomic E-state index is -0.530. The topological polar surface area (TPSA) is 97.4 Å². The summed E-state index contributed by atoms with van der Waals surface area (Å²) in [6.45, 7) is 2.68. The van der Waals surface area contributed by atoms with Crippen molar-refractivity contribution < 1.29 is 14.0 Å². The number of carbonyl (C=O) groups is 2. The van der Waals surface area contributed by atoms with E-state index in [4.69, 9.17) is 10.2 Å². The fraction of sp³-hybridized carbons (Fsp3) is 0.455. The van der Waals surface area contributed by atoms with Gasteiger partial charge in [0, 0.05) is 11.8 Å². The number of hydrogen-bond donors (Lipinski definition) is 3. The van der Waals surface area contributed by atoms with Crippen molar-refractivity contribution in [2.45, 2.75) is 18.7 Å². The first-order chi connectivity index (χ1) is 8.61. The molecular weight excluding hydrogens is 254 g/mol. The summed E-state index contributed by atoms with van der Waals surface area (Å²) in [5, 5.41) is 4.94. The smallest absolute Gasteiger partial charge is 0.321 e. The summed E-state index contributed by atoms with van der Waals surface area (Å²) in [6.07, 6.45) is 1.52. The van der Waals surface area contributed by atoms with E-state index in [9.17, 15) is 9.59 Å². The largest absolute Gasteiger partial charge is 0.467 e.